The van der Waals surface area contributed by atoms with Gasteiger partial charge in [0.2, 0.25) is 10.0 Å². The Balaban J connectivity index is 2.26. The van der Waals surface area contributed by atoms with Crippen LogP contribution in [-0.2, 0) is 10.0 Å². The molecule has 1 aromatic rings. The first-order chi connectivity index (χ1) is 8.44. The zero-order chi connectivity index (χ0) is 13.3. The fourth-order valence-electron chi connectivity index (χ4n) is 1.78. The fourth-order valence-corrected chi connectivity index (χ4v) is 4.60. The predicted molar refractivity (Wildman–Crippen MR) is 77.7 cm³/mol. The summed E-state index contributed by atoms with van der Waals surface area (Å²) in [6.45, 7) is 0.329. The van der Waals surface area contributed by atoms with Gasteiger partial charge in [-0.15, -0.1) is 0 Å². The Morgan fingerprint density at radius 1 is 1.39 bits per heavy atom. The Hall–Kier alpha value is 0.0500. The number of benzene rings is 1. The summed E-state index contributed by atoms with van der Waals surface area (Å²) in [4.78, 5) is 0.232. The molecule has 0 aliphatic heterocycles. The molecule has 1 aliphatic rings. The van der Waals surface area contributed by atoms with Gasteiger partial charge >= 0.3 is 0 Å². The first-order valence-electron chi connectivity index (χ1n) is 5.61. The molecule has 0 amide bonds. The molecule has 0 spiro atoms. The second-order valence-corrected chi connectivity index (χ2v) is 7.83. The molecule has 0 saturated heterocycles. The third kappa shape index (κ3) is 3.33. The second kappa shape index (κ2) is 5.58. The summed E-state index contributed by atoms with van der Waals surface area (Å²) < 4.78 is 28.5. The van der Waals surface area contributed by atoms with E-state index in [2.05, 4.69) is 36.6 Å². The van der Waals surface area contributed by atoms with E-state index in [0.717, 1.165) is 17.3 Å². The van der Waals surface area contributed by atoms with Gasteiger partial charge in [0.25, 0.3) is 0 Å². The molecule has 100 valence electrons. The SMILES string of the molecule is NCC(NS(=O)(=O)c1cc(Br)ccc1Br)C1CC1. The highest BCUT2D eigenvalue weighted by Crippen LogP contribution is 2.33. The third-order valence-corrected chi connectivity index (χ3v) is 5.91. The van der Waals surface area contributed by atoms with Crippen molar-refractivity contribution in [1.29, 1.82) is 0 Å². The van der Waals surface area contributed by atoms with Crippen molar-refractivity contribution in [1.82, 2.24) is 4.72 Å². The monoisotopic (exact) mass is 396 g/mol. The van der Waals surface area contributed by atoms with Gasteiger partial charge in [-0.3, -0.25) is 0 Å². The van der Waals surface area contributed by atoms with E-state index in [0.29, 0.717) is 16.9 Å². The highest BCUT2D eigenvalue weighted by molar-refractivity contribution is 9.11. The molecule has 1 aliphatic carbocycles. The van der Waals surface area contributed by atoms with Gasteiger partial charge in [0.1, 0.15) is 0 Å². The Morgan fingerprint density at radius 3 is 2.61 bits per heavy atom. The van der Waals surface area contributed by atoms with E-state index in [9.17, 15) is 8.42 Å². The number of sulfonamides is 1. The lowest BCUT2D eigenvalue weighted by atomic mass is 10.2. The zero-order valence-electron chi connectivity index (χ0n) is 9.57. The van der Waals surface area contributed by atoms with Crippen LogP contribution in [0.1, 0.15) is 12.8 Å². The normalized spacial score (nSPS) is 17.7. The number of nitrogens with two attached hydrogens (primary N) is 1. The molecular formula is C11H14Br2N2O2S. The van der Waals surface area contributed by atoms with Crippen LogP contribution in [0.5, 0.6) is 0 Å². The minimum absolute atomic E-state index is 0.166. The van der Waals surface area contributed by atoms with Gasteiger partial charge in [0, 0.05) is 21.5 Å². The molecule has 0 bridgehead atoms. The molecule has 7 heteroatoms. The van der Waals surface area contributed by atoms with E-state index in [1.165, 1.54) is 0 Å². The van der Waals surface area contributed by atoms with Crippen molar-refractivity contribution in [3.8, 4) is 0 Å². The van der Waals surface area contributed by atoms with Crippen molar-refractivity contribution in [2.45, 2.75) is 23.8 Å². The van der Waals surface area contributed by atoms with Gasteiger partial charge in [-0.2, -0.15) is 0 Å². The van der Waals surface area contributed by atoms with Crippen LogP contribution in [0.15, 0.2) is 32.0 Å². The van der Waals surface area contributed by atoms with Crippen molar-refractivity contribution in [3.63, 3.8) is 0 Å². The molecular weight excluding hydrogens is 384 g/mol. The lowest BCUT2D eigenvalue weighted by Gasteiger charge is -2.17. The third-order valence-electron chi connectivity index (χ3n) is 2.93. The highest BCUT2D eigenvalue weighted by Gasteiger charge is 2.33. The molecule has 4 nitrogen and oxygen atoms in total. The van der Waals surface area contributed by atoms with Gasteiger partial charge in [-0.1, -0.05) is 15.9 Å². The second-order valence-electron chi connectivity index (χ2n) is 4.38. The molecule has 1 aromatic carbocycles. The average Bonchev–Trinajstić information content (AvgIpc) is 3.13. The minimum Gasteiger partial charge on any atom is -0.329 e. The number of rotatable bonds is 5. The van der Waals surface area contributed by atoms with Crippen molar-refractivity contribution >= 4 is 41.9 Å². The molecule has 0 aromatic heterocycles. The number of halogens is 2. The summed E-state index contributed by atoms with van der Waals surface area (Å²) in [7, 11) is -3.54. The fraction of sp³-hybridized carbons (Fsp3) is 0.455. The molecule has 2 rings (SSSR count). The smallest absolute Gasteiger partial charge is 0.242 e. The van der Waals surface area contributed by atoms with Gasteiger partial charge in [-0.25, -0.2) is 13.1 Å². The Morgan fingerprint density at radius 2 is 2.06 bits per heavy atom. The quantitative estimate of drug-likeness (QED) is 0.800. The number of hydrogen-bond acceptors (Lipinski definition) is 3. The summed E-state index contributed by atoms with van der Waals surface area (Å²) in [6, 6.07) is 4.89. The van der Waals surface area contributed by atoms with Crippen LogP contribution < -0.4 is 10.5 Å². The number of hydrogen-bond donors (Lipinski definition) is 2. The maximum atomic E-state index is 12.3. The molecule has 18 heavy (non-hydrogen) atoms. The first-order valence-corrected chi connectivity index (χ1v) is 8.68. The van der Waals surface area contributed by atoms with Gasteiger partial charge in [0.05, 0.1) is 4.90 Å². The molecule has 3 N–H and O–H groups in total. The van der Waals surface area contributed by atoms with Gasteiger partial charge in [-0.05, 0) is 52.9 Å². The Labute approximate surface area is 124 Å². The topological polar surface area (TPSA) is 72.2 Å². The lowest BCUT2D eigenvalue weighted by Crippen LogP contribution is -2.41. The molecule has 1 fully saturated rings. The van der Waals surface area contributed by atoms with Crippen LogP contribution in [0.2, 0.25) is 0 Å². The molecule has 1 unspecified atom stereocenters. The predicted octanol–water partition coefficient (Wildman–Crippen LogP) is 2.23. The first kappa shape index (κ1) is 14.5. The van der Waals surface area contributed by atoms with E-state index >= 15 is 0 Å². The van der Waals surface area contributed by atoms with Crippen LogP contribution in [-0.4, -0.2) is 21.0 Å². The van der Waals surface area contributed by atoms with Gasteiger partial charge in [0.15, 0.2) is 0 Å². The molecule has 1 atom stereocenters. The maximum absolute atomic E-state index is 12.3. The van der Waals surface area contributed by atoms with Crippen LogP contribution in [0, 0.1) is 5.92 Å². The van der Waals surface area contributed by atoms with Crippen molar-refractivity contribution < 1.29 is 8.42 Å². The maximum Gasteiger partial charge on any atom is 0.242 e. The summed E-state index contributed by atoms with van der Waals surface area (Å²) in [5, 5.41) is 0. The van der Waals surface area contributed by atoms with Gasteiger partial charge < -0.3 is 5.73 Å². The zero-order valence-corrected chi connectivity index (χ0v) is 13.6. The van der Waals surface area contributed by atoms with Crippen molar-refractivity contribution in [3.05, 3.63) is 27.1 Å². The van der Waals surface area contributed by atoms with Crippen molar-refractivity contribution in [2.24, 2.45) is 11.7 Å². The van der Waals surface area contributed by atoms with Crippen molar-refractivity contribution in [2.75, 3.05) is 6.54 Å². The molecule has 0 radical (unpaired) electrons. The molecule has 1 saturated carbocycles. The standard InChI is InChI=1S/C11H14Br2N2O2S/c12-8-3-4-9(13)11(5-8)18(16,17)15-10(6-14)7-1-2-7/h3-5,7,10,15H,1-2,6,14H2. The summed E-state index contributed by atoms with van der Waals surface area (Å²) >= 11 is 6.54. The lowest BCUT2D eigenvalue weighted by molar-refractivity contribution is 0.519. The summed E-state index contributed by atoms with van der Waals surface area (Å²) in [5.41, 5.74) is 5.62. The van der Waals surface area contributed by atoms with E-state index in [1.807, 2.05) is 0 Å². The summed E-state index contributed by atoms with van der Waals surface area (Å²) in [6.07, 6.45) is 2.09. The highest BCUT2D eigenvalue weighted by atomic mass is 79.9. The summed E-state index contributed by atoms with van der Waals surface area (Å²) in [5.74, 6) is 0.385. The Kier molecular flexibility index (Phi) is 4.48. The average molecular weight is 398 g/mol. The minimum atomic E-state index is -3.54. The van der Waals surface area contributed by atoms with E-state index in [-0.39, 0.29) is 10.9 Å². The largest absolute Gasteiger partial charge is 0.329 e. The van der Waals surface area contributed by atoms with Crippen LogP contribution in [0.25, 0.3) is 0 Å². The van der Waals surface area contributed by atoms with Crippen LogP contribution in [0.3, 0.4) is 0 Å². The Bertz CT molecular complexity index is 544. The van der Waals surface area contributed by atoms with E-state index in [1.54, 1.807) is 18.2 Å². The van der Waals surface area contributed by atoms with Crippen LogP contribution >= 0.6 is 31.9 Å². The van der Waals surface area contributed by atoms with Crippen LogP contribution in [0.4, 0.5) is 0 Å². The van der Waals surface area contributed by atoms with E-state index < -0.39 is 10.0 Å². The van der Waals surface area contributed by atoms with E-state index in [4.69, 9.17) is 5.73 Å². The molecule has 0 heterocycles. The number of nitrogens with one attached hydrogen (secondary N) is 1.